The minimum absolute atomic E-state index is 0.0540. The molecule has 0 radical (unpaired) electrons. The second kappa shape index (κ2) is 6.38. The Morgan fingerprint density at radius 2 is 2.04 bits per heavy atom. The molecule has 0 saturated carbocycles. The van der Waals surface area contributed by atoms with Crippen LogP contribution in [0.5, 0.6) is 11.5 Å². The number of carbonyl (C=O) groups is 1. The van der Waals surface area contributed by atoms with Crippen LogP contribution in [0.3, 0.4) is 0 Å². The predicted molar refractivity (Wildman–Crippen MR) is 97.7 cm³/mol. The molecule has 8 heteroatoms. The van der Waals surface area contributed by atoms with Crippen LogP contribution in [-0.4, -0.2) is 22.1 Å². The lowest BCUT2D eigenvalue weighted by atomic mass is 10.0. The summed E-state index contributed by atoms with van der Waals surface area (Å²) < 4.78 is 17.5. The van der Waals surface area contributed by atoms with E-state index in [9.17, 15) is 9.59 Å². The first kappa shape index (κ1) is 16.3. The lowest BCUT2D eigenvalue weighted by Crippen LogP contribution is -2.18. The van der Waals surface area contributed by atoms with E-state index in [0.717, 1.165) is 31.4 Å². The fourth-order valence-electron chi connectivity index (χ4n) is 3.46. The molecule has 2 aromatic heterocycles. The molecule has 27 heavy (non-hydrogen) atoms. The van der Waals surface area contributed by atoms with E-state index in [4.69, 9.17) is 14.2 Å². The van der Waals surface area contributed by atoms with E-state index in [2.05, 4.69) is 4.98 Å². The number of nitrogens with zero attached hydrogens (tertiary/aromatic N) is 2. The smallest absolute Gasteiger partial charge is 0.338 e. The first-order valence-corrected chi connectivity index (χ1v) is 9.61. The fourth-order valence-corrected chi connectivity index (χ4v) is 4.69. The molecule has 0 bridgehead atoms. The minimum Gasteiger partial charge on any atom is -0.456 e. The highest BCUT2D eigenvalue weighted by molar-refractivity contribution is 7.17. The van der Waals surface area contributed by atoms with Crippen molar-refractivity contribution in [2.75, 3.05) is 6.79 Å². The van der Waals surface area contributed by atoms with Gasteiger partial charge in [0.2, 0.25) is 6.79 Å². The largest absolute Gasteiger partial charge is 0.456 e. The number of hydrogen-bond acceptors (Lipinski definition) is 7. The Hall–Kier alpha value is -2.87. The summed E-state index contributed by atoms with van der Waals surface area (Å²) in [5.74, 6) is 0.625. The number of hydrogen-bond donors (Lipinski definition) is 0. The molecule has 3 aromatic rings. The van der Waals surface area contributed by atoms with Gasteiger partial charge >= 0.3 is 5.97 Å². The van der Waals surface area contributed by atoms with E-state index in [0.29, 0.717) is 27.7 Å². The molecule has 138 valence electrons. The van der Waals surface area contributed by atoms with Crippen LogP contribution < -0.4 is 15.0 Å². The number of ether oxygens (including phenoxy) is 3. The predicted octanol–water partition coefficient (Wildman–Crippen LogP) is 2.72. The maximum atomic E-state index is 12.5. The summed E-state index contributed by atoms with van der Waals surface area (Å²) in [6.45, 7) is 0.0914. The maximum Gasteiger partial charge on any atom is 0.338 e. The van der Waals surface area contributed by atoms with Crippen molar-refractivity contribution in [3.8, 4) is 11.5 Å². The normalized spacial score (nSPS) is 15.0. The molecule has 0 saturated heterocycles. The van der Waals surface area contributed by atoms with Gasteiger partial charge in [0.15, 0.2) is 16.5 Å². The van der Waals surface area contributed by atoms with E-state index in [1.165, 1.54) is 10.9 Å². The van der Waals surface area contributed by atoms with Crippen molar-refractivity contribution in [1.82, 2.24) is 9.38 Å². The first-order chi connectivity index (χ1) is 13.2. The van der Waals surface area contributed by atoms with E-state index < -0.39 is 5.97 Å². The topological polar surface area (TPSA) is 79.1 Å². The highest BCUT2D eigenvalue weighted by Crippen LogP contribution is 2.32. The standard InChI is InChI=1S/C19H16N2O5S/c22-17-8-12(20-19-21(17)13-3-1-2-4-16(13)27-19)9-24-18(23)11-5-6-14-15(7-11)26-10-25-14/h5-8H,1-4,9-10H2. The van der Waals surface area contributed by atoms with Gasteiger partial charge in [0, 0.05) is 16.6 Å². The lowest BCUT2D eigenvalue weighted by Gasteiger charge is -2.10. The summed E-state index contributed by atoms with van der Waals surface area (Å²) in [5, 5.41) is 0. The molecule has 0 atom stereocenters. The van der Waals surface area contributed by atoms with Gasteiger partial charge < -0.3 is 14.2 Å². The second-order valence-electron chi connectivity index (χ2n) is 6.53. The molecule has 2 aliphatic rings. The number of esters is 1. The first-order valence-electron chi connectivity index (χ1n) is 8.79. The van der Waals surface area contributed by atoms with E-state index in [-0.39, 0.29) is 19.0 Å². The Balaban J connectivity index is 1.37. The van der Waals surface area contributed by atoms with Crippen molar-refractivity contribution in [1.29, 1.82) is 0 Å². The number of benzene rings is 1. The Morgan fingerprint density at radius 1 is 1.19 bits per heavy atom. The summed E-state index contributed by atoms with van der Waals surface area (Å²) in [5.41, 5.74) is 1.78. The second-order valence-corrected chi connectivity index (χ2v) is 7.59. The van der Waals surface area contributed by atoms with Gasteiger partial charge in [0.05, 0.1) is 11.3 Å². The van der Waals surface area contributed by atoms with Crippen LogP contribution in [-0.2, 0) is 24.2 Å². The molecule has 0 N–H and O–H groups in total. The molecule has 1 aliphatic heterocycles. The van der Waals surface area contributed by atoms with E-state index >= 15 is 0 Å². The van der Waals surface area contributed by atoms with Crippen molar-refractivity contribution in [2.45, 2.75) is 32.3 Å². The van der Waals surface area contributed by atoms with Crippen LogP contribution in [0.25, 0.3) is 4.96 Å². The van der Waals surface area contributed by atoms with E-state index in [1.807, 2.05) is 0 Å². The monoisotopic (exact) mass is 384 g/mol. The van der Waals surface area contributed by atoms with Crippen molar-refractivity contribution >= 4 is 22.3 Å². The number of thiazole rings is 1. The molecule has 5 rings (SSSR count). The number of carbonyl (C=O) groups excluding carboxylic acids is 1. The van der Waals surface area contributed by atoms with Gasteiger partial charge in [-0.05, 0) is 43.9 Å². The van der Waals surface area contributed by atoms with Crippen LogP contribution in [0.4, 0.5) is 0 Å². The summed E-state index contributed by atoms with van der Waals surface area (Å²) in [4.78, 5) is 31.3. The summed E-state index contributed by atoms with van der Waals surface area (Å²) in [6.07, 6.45) is 4.15. The third-order valence-electron chi connectivity index (χ3n) is 4.77. The van der Waals surface area contributed by atoms with Crippen molar-refractivity contribution in [3.05, 3.63) is 56.4 Å². The van der Waals surface area contributed by atoms with Gasteiger partial charge in [-0.1, -0.05) is 0 Å². The molecular formula is C19H16N2O5S. The zero-order valence-corrected chi connectivity index (χ0v) is 15.2. The van der Waals surface area contributed by atoms with Crippen molar-refractivity contribution in [3.63, 3.8) is 0 Å². The van der Waals surface area contributed by atoms with Crippen LogP contribution in [0.1, 0.15) is 39.5 Å². The van der Waals surface area contributed by atoms with Crippen LogP contribution in [0.2, 0.25) is 0 Å². The third kappa shape index (κ3) is 2.86. The Morgan fingerprint density at radius 3 is 2.96 bits per heavy atom. The summed E-state index contributed by atoms with van der Waals surface area (Å²) in [6, 6.07) is 6.32. The maximum absolute atomic E-state index is 12.5. The molecule has 1 aromatic carbocycles. The van der Waals surface area contributed by atoms with Crippen LogP contribution in [0, 0.1) is 0 Å². The van der Waals surface area contributed by atoms with Crippen LogP contribution in [0.15, 0.2) is 29.1 Å². The van der Waals surface area contributed by atoms with Gasteiger partial charge in [-0.2, -0.15) is 0 Å². The summed E-state index contributed by atoms with van der Waals surface area (Å²) >= 11 is 1.55. The van der Waals surface area contributed by atoms with Gasteiger partial charge in [0.1, 0.15) is 6.61 Å². The zero-order valence-electron chi connectivity index (χ0n) is 14.4. The Labute approximate surface area is 158 Å². The number of rotatable bonds is 3. The van der Waals surface area contributed by atoms with Gasteiger partial charge in [-0.25, -0.2) is 9.78 Å². The minimum atomic E-state index is -0.499. The summed E-state index contributed by atoms with van der Waals surface area (Å²) in [7, 11) is 0. The molecule has 0 unspecified atom stereocenters. The Bertz CT molecular complexity index is 1120. The number of fused-ring (bicyclic) bond motifs is 4. The van der Waals surface area contributed by atoms with Crippen molar-refractivity contribution < 1.29 is 19.0 Å². The SMILES string of the molecule is O=C(OCc1cc(=O)n2c3c(sc2n1)CCCC3)c1ccc2c(c1)OCO2. The van der Waals surface area contributed by atoms with Crippen LogP contribution >= 0.6 is 11.3 Å². The quantitative estimate of drug-likeness (QED) is 0.646. The zero-order chi connectivity index (χ0) is 18.4. The molecule has 1 aliphatic carbocycles. The molecule has 0 amide bonds. The molecule has 0 fully saturated rings. The van der Waals surface area contributed by atoms with Gasteiger partial charge in [-0.3, -0.25) is 9.20 Å². The molecule has 0 spiro atoms. The molecular weight excluding hydrogens is 368 g/mol. The van der Waals surface area contributed by atoms with Crippen molar-refractivity contribution in [2.24, 2.45) is 0 Å². The third-order valence-corrected chi connectivity index (χ3v) is 5.92. The average Bonchev–Trinajstić information content (AvgIpc) is 3.29. The highest BCUT2D eigenvalue weighted by atomic mass is 32.1. The molecule has 3 heterocycles. The van der Waals surface area contributed by atoms with Gasteiger partial charge in [0.25, 0.3) is 5.56 Å². The average molecular weight is 384 g/mol. The van der Waals surface area contributed by atoms with E-state index in [1.54, 1.807) is 33.9 Å². The Kier molecular flexibility index (Phi) is 3.86. The fraction of sp³-hybridized carbons (Fsp3) is 0.316. The number of aromatic nitrogens is 2. The lowest BCUT2D eigenvalue weighted by molar-refractivity contribution is 0.0467. The highest BCUT2D eigenvalue weighted by Gasteiger charge is 2.20. The molecule has 7 nitrogen and oxygen atoms in total. The van der Waals surface area contributed by atoms with Gasteiger partial charge in [-0.15, -0.1) is 11.3 Å². The number of aryl methyl sites for hydroxylation is 2.